The van der Waals surface area contributed by atoms with Crippen LogP contribution in [0.25, 0.3) is 0 Å². The first kappa shape index (κ1) is 36.8. The highest BCUT2D eigenvalue weighted by Gasteiger charge is 2.43. The first-order valence-electron chi connectivity index (χ1n) is 18.1. The second-order valence-corrected chi connectivity index (χ2v) is 14.2. The largest absolute Gasteiger partial charge is 0.492 e. The van der Waals surface area contributed by atoms with Crippen molar-refractivity contribution in [1.82, 2.24) is 15.5 Å². The maximum Gasteiger partial charge on any atom is 0.407 e. The smallest absolute Gasteiger partial charge is 0.407 e. The van der Waals surface area contributed by atoms with E-state index in [1.165, 1.54) is 0 Å². The van der Waals surface area contributed by atoms with Crippen LogP contribution in [-0.4, -0.2) is 104 Å². The van der Waals surface area contributed by atoms with Gasteiger partial charge in [-0.2, -0.15) is 0 Å². The predicted octanol–water partition coefficient (Wildman–Crippen LogP) is 3.70. The molecule has 0 aromatic heterocycles. The summed E-state index contributed by atoms with van der Waals surface area (Å²) in [5, 5.41) is 29.0. The lowest BCUT2D eigenvalue weighted by atomic mass is 9.75. The van der Waals surface area contributed by atoms with Gasteiger partial charge in [0.1, 0.15) is 18.5 Å². The SMILES string of the molecule is C[C@H]1C[C@H](OC(=O)N[C@@H](Cc2ccccc2)[C@@H](O)C[C@@](C)(C(=O)N[C@H]2c3ccccc3C[C@H]2O)c2ccc(OCCN3CCOCC3)cc2)CO1. The molecule has 0 spiro atoms. The average Bonchev–Trinajstić information content (AvgIpc) is 3.69. The van der Waals surface area contributed by atoms with Crippen LogP contribution in [0.3, 0.4) is 0 Å². The second-order valence-electron chi connectivity index (χ2n) is 14.2. The Balaban J connectivity index is 1.22. The topological polar surface area (TPSA) is 139 Å². The number of carbonyl (C=O) groups excluding carboxylic acids is 2. The molecule has 0 radical (unpaired) electrons. The van der Waals surface area contributed by atoms with Gasteiger partial charge in [-0.15, -0.1) is 0 Å². The Kier molecular flexibility index (Phi) is 12.3. The highest BCUT2D eigenvalue weighted by molar-refractivity contribution is 5.88. The lowest BCUT2D eigenvalue weighted by molar-refractivity contribution is -0.129. The standard InChI is InChI=1S/C40H51N3O8/c1-27-22-32(26-50-27)51-39(47)41-34(23-28-8-4-3-5-9-28)36(45)25-40(2,38(46)42-37-33-11-7-6-10-29(33)24-35(37)44)30-12-14-31(15-13-30)49-21-18-43-16-19-48-20-17-43/h3-15,27,32,34-37,44-45H,16-26H2,1-2H3,(H,41,47)(H,42,46)/t27-,32-,34-,35+,36-,37-,40+/m0/s1. The Hall–Kier alpha value is -4.00. The van der Waals surface area contributed by atoms with E-state index in [9.17, 15) is 19.8 Å². The second kappa shape index (κ2) is 17.0. The summed E-state index contributed by atoms with van der Waals surface area (Å²) >= 11 is 0. The molecule has 2 aliphatic heterocycles. The van der Waals surface area contributed by atoms with Gasteiger partial charge in [-0.25, -0.2) is 4.79 Å². The highest BCUT2D eigenvalue weighted by Crippen LogP contribution is 2.36. The maximum absolute atomic E-state index is 14.5. The molecule has 0 saturated carbocycles. The highest BCUT2D eigenvalue weighted by atomic mass is 16.6. The zero-order valence-corrected chi connectivity index (χ0v) is 29.5. The summed E-state index contributed by atoms with van der Waals surface area (Å²) in [7, 11) is 0. The fourth-order valence-corrected chi connectivity index (χ4v) is 7.34. The number of aliphatic hydroxyl groups excluding tert-OH is 2. The third kappa shape index (κ3) is 9.46. The number of fused-ring (bicyclic) bond motifs is 1. The Morgan fingerprint density at radius 2 is 1.75 bits per heavy atom. The average molecular weight is 702 g/mol. The lowest BCUT2D eigenvalue weighted by Gasteiger charge is -2.35. The van der Waals surface area contributed by atoms with Gasteiger partial charge < -0.3 is 39.8 Å². The summed E-state index contributed by atoms with van der Waals surface area (Å²) in [6.45, 7) is 8.56. The van der Waals surface area contributed by atoms with Crippen molar-refractivity contribution in [2.24, 2.45) is 0 Å². The van der Waals surface area contributed by atoms with E-state index in [2.05, 4.69) is 15.5 Å². The van der Waals surface area contributed by atoms with Crippen LogP contribution in [0.4, 0.5) is 4.79 Å². The Morgan fingerprint density at radius 3 is 2.47 bits per heavy atom. The van der Waals surface area contributed by atoms with Crippen molar-refractivity contribution in [2.75, 3.05) is 46.1 Å². The van der Waals surface area contributed by atoms with E-state index in [0.29, 0.717) is 43.8 Å². The molecule has 6 rings (SSSR count). The van der Waals surface area contributed by atoms with E-state index in [1.807, 2.05) is 85.8 Å². The van der Waals surface area contributed by atoms with Crippen LogP contribution < -0.4 is 15.4 Å². The van der Waals surface area contributed by atoms with Crippen LogP contribution in [0.1, 0.15) is 55.0 Å². The van der Waals surface area contributed by atoms with Gasteiger partial charge in [0.15, 0.2) is 0 Å². The molecule has 0 bridgehead atoms. The van der Waals surface area contributed by atoms with Crippen molar-refractivity contribution in [3.05, 3.63) is 101 Å². The van der Waals surface area contributed by atoms with Gasteiger partial charge in [0.05, 0.1) is 55.6 Å². The van der Waals surface area contributed by atoms with Gasteiger partial charge in [0.2, 0.25) is 5.91 Å². The minimum Gasteiger partial charge on any atom is -0.492 e. The van der Waals surface area contributed by atoms with E-state index in [1.54, 1.807) is 6.92 Å². The Labute approximate surface area is 300 Å². The molecule has 51 heavy (non-hydrogen) atoms. The molecule has 7 atom stereocenters. The van der Waals surface area contributed by atoms with Crippen LogP contribution in [0, 0.1) is 0 Å². The Bertz CT molecular complexity index is 1580. The number of nitrogens with zero attached hydrogens (tertiary/aromatic N) is 1. The molecule has 3 aromatic rings. The monoisotopic (exact) mass is 701 g/mol. The maximum atomic E-state index is 14.5. The molecule has 274 valence electrons. The van der Waals surface area contributed by atoms with E-state index in [-0.39, 0.29) is 24.5 Å². The van der Waals surface area contributed by atoms with Crippen LogP contribution in [0.15, 0.2) is 78.9 Å². The minimum absolute atomic E-state index is 0.000338. The number of carbonyl (C=O) groups is 2. The summed E-state index contributed by atoms with van der Waals surface area (Å²) in [5.74, 6) is 0.327. The first-order valence-corrected chi connectivity index (χ1v) is 18.1. The van der Waals surface area contributed by atoms with Crippen molar-refractivity contribution >= 4 is 12.0 Å². The molecule has 1 aliphatic carbocycles. The molecule has 11 nitrogen and oxygen atoms in total. The fraction of sp³-hybridized carbons (Fsp3) is 0.500. The summed E-state index contributed by atoms with van der Waals surface area (Å²) in [5.41, 5.74) is 2.18. The lowest BCUT2D eigenvalue weighted by Crippen LogP contribution is -2.52. The quantitative estimate of drug-likeness (QED) is 0.198. The fourth-order valence-electron chi connectivity index (χ4n) is 7.34. The number of aliphatic hydroxyl groups is 2. The number of rotatable bonds is 14. The van der Waals surface area contributed by atoms with Crippen LogP contribution in [0.5, 0.6) is 5.75 Å². The zero-order chi connectivity index (χ0) is 35.8. The number of hydrogen-bond acceptors (Lipinski definition) is 9. The summed E-state index contributed by atoms with van der Waals surface area (Å²) in [4.78, 5) is 30.0. The van der Waals surface area contributed by atoms with Crippen molar-refractivity contribution in [3.8, 4) is 5.75 Å². The molecule has 11 heteroatoms. The zero-order valence-electron chi connectivity index (χ0n) is 29.5. The molecule has 2 amide bonds. The van der Waals surface area contributed by atoms with Gasteiger partial charge in [-0.3, -0.25) is 9.69 Å². The number of ether oxygens (including phenoxy) is 4. The molecule has 4 N–H and O–H groups in total. The summed E-state index contributed by atoms with van der Waals surface area (Å²) < 4.78 is 22.7. The number of nitrogens with one attached hydrogen (secondary N) is 2. The molecular formula is C40H51N3O8. The van der Waals surface area contributed by atoms with Gasteiger partial charge in [-0.1, -0.05) is 66.7 Å². The third-order valence-corrected chi connectivity index (χ3v) is 10.4. The van der Waals surface area contributed by atoms with Gasteiger partial charge in [0.25, 0.3) is 0 Å². The molecule has 2 saturated heterocycles. The van der Waals surface area contributed by atoms with E-state index < -0.39 is 35.8 Å². The predicted molar refractivity (Wildman–Crippen MR) is 192 cm³/mol. The van der Waals surface area contributed by atoms with Gasteiger partial charge in [-0.05, 0) is 61.1 Å². The van der Waals surface area contributed by atoms with Crippen molar-refractivity contribution in [3.63, 3.8) is 0 Å². The van der Waals surface area contributed by atoms with Gasteiger partial charge in [0, 0.05) is 32.5 Å². The van der Waals surface area contributed by atoms with Crippen molar-refractivity contribution < 1.29 is 38.7 Å². The first-order chi connectivity index (χ1) is 24.7. The Morgan fingerprint density at radius 1 is 1.02 bits per heavy atom. The van der Waals surface area contributed by atoms with Crippen LogP contribution in [0.2, 0.25) is 0 Å². The van der Waals surface area contributed by atoms with Crippen molar-refractivity contribution in [2.45, 2.75) is 81.4 Å². The summed E-state index contributed by atoms with van der Waals surface area (Å²) in [6, 6.07) is 23.3. The number of amides is 2. The normalized spacial score (nSPS) is 24.2. The number of hydrogen-bond donors (Lipinski definition) is 4. The van der Waals surface area contributed by atoms with Crippen molar-refractivity contribution in [1.29, 1.82) is 0 Å². The number of alkyl carbamates (subject to hydrolysis) is 1. The van der Waals surface area contributed by atoms with E-state index >= 15 is 0 Å². The van der Waals surface area contributed by atoms with Crippen LogP contribution in [-0.2, 0) is 37.3 Å². The minimum atomic E-state index is -1.27. The molecule has 0 unspecified atom stereocenters. The number of benzene rings is 3. The van der Waals surface area contributed by atoms with E-state index in [0.717, 1.165) is 49.5 Å². The molecule has 3 aliphatic rings. The molecular weight excluding hydrogens is 650 g/mol. The number of morpholine rings is 1. The van der Waals surface area contributed by atoms with Crippen LogP contribution >= 0.6 is 0 Å². The van der Waals surface area contributed by atoms with E-state index in [4.69, 9.17) is 18.9 Å². The summed E-state index contributed by atoms with van der Waals surface area (Å²) in [6.07, 6.45) is -1.63. The molecule has 3 aromatic carbocycles. The van der Waals surface area contributed by atoms with Gasteiger partial charge >= 0.3 is 6.09 Å². The molecule has 2 heterocycles. The molecule has 2 fully saturated rings. The third-order valence-electron chi connectivity index (χ3n) is 10.4.